The first-order valence-corrected chi connectivity index (χ1v) is 11.0. The van der Waals surface area contributed by atoms with Crippen molar-refractivity contribution in [1.29, 1.82) is 0 Å². The maximum absolute atomic E-state index is 12.7. The highest BCUT2D eigenvalue weighted by Gasteiger charge is 2.31. The quantitative estimate of drug-likeness (QED) is 0.841. The Labute approximate surface area is 157 Å². The second kappa shape index (κ2) is 7.81. The van der Waals surface area contributed by atoms with E-state index in [9.17, 15) is 13.2 Å². The van der Waals surface area contributed by atoms with Gasteiger partial charge in [0.2, 0.25) is 15.9 Å². The molecule has 1 aliphatic rings. The van der Waals surface area contributed by atoms with E-state index in [2.05, 4.69) is 15.3 Å². The predicted molar refractivity (Wildman–Crippen MR) is 102 cm³/mol. The molecule has 0 aliphatic carbocycles. The molecule has 9 heteroatoms. The van der Waals surface area contributed by atoms with Crippen molar-refractivity contribution in [1.82, 2.24) is 14.3 Å². The van der Waals surface area contributed by atoms with Crippen LogP contribution in [0.5, 0.6) is 0 Å². The molecule has 3 rings (SSSR count). The molecule has 2 aromatic rings. The van der Waals surface area contributed by atoms with Crippen molar-refractivity contribution in [3.63, 3.8) is 0 Å². The molecule has 1 N–H and O–H groups in total. The van der Waals surface area contributed by atoms with Crippen LogP contribution in [0.2, 0.25) is 0 Å². The van der Waals surface area contributed by atoms with E-state index in [1.165, 1.54) is 15.6 Å². The molecule has 1 fully saturated rings. The maximum Gasteiger partial charge on any atom is 0.229 e. The number of carbonyl (C=O) groups is 1. The van der Waals surface area contributed by atoms with E-state index in [1.54, 1.807) is 19.3 Å². The van der Waals surface area contributed by atoms with Gasteiger partial charge in [0, 0.05) is 31.0 Å². The summed E-state index contributed by atoms with van der Waals surface area (Å²) in [6, 6.07) is 3.76. The normalized spacial score (nSPS) is 18.6. The Hall–Kier alpha value is -1.84. The molecule has 3 heterocycles. The Balaban J connectivity index is 1.71. The van der Waals surface area contributed by atoms with E-state index in [1.807, 2.05) is 19.1 Å². The number of nitrogens with one attached hydrogen (secondary N) is 1. The smallest absolute Gasteiger partial charge is 0.229 e. The van der Waals surface area contributed by atoms with Crippen molar-refractivity contribution >= 4 is 32.3 Å². The van der Waals surface area contributed by atoms with E-state index in [-0.39, 0.29) is 24.1 Å². The molecule has 0 aromatic carbocycles. The van der Waals surface area contributed by atoms with Gasteiger partial charge in [0.15, 0.2) is 0 Å². The van der Waals surface area contributed by atoms with Gasteiger partial charge in [-0.1, -0.05) is 11.3 Å². The van der Waals surface area contributed by atoms with Gasteiger partial charge in [-0.15, -0.1) is 0 Å². The Kier molecular flexibility index (Phi) is 5.69. The van der Waals surface area contributed by atoms with E-state index in [0.717, 1.165) is 16.3 Å². The number of thiazole rings is 1. The lowest BCUT2D eigenvalue weighted by Gasteiger charge is -2.30. The third-order valence-corrected chi connectivity index (χ3v) is 7.42. The minimum atomic E-state index is -3.26. The average Bonchev–Trinajstić information content (AvgIpc) is 3.03. The Morgan fingerprint density at radius 3 is 2.96 bits per heavy atom. The molecule has 2 aromatic heterocycles. The molecule has 1 unspecified atom stereocenters. The minimum absolute atomic E-state index is 0.0593. The molecule has 7 nitrogen and oxygen atoms in total. The van der Waals surface area contributed by atoms with Crippen molar-refractivity contribution in [2.45, 2.75) is 26.7 Å². The van der Waals surface area contributed by atoms with Crippen molar-refractivity contribution in [2.24, 2.45) is 5.92 Å². The van der Waals surface area contributed by atoms with E-state index < -0.39 is 10.0 Å². The molecule has 140 valence electrons. The van der Waals surface area contributed by atoms with E-state index >= 15 is 0 Å². The monoisotopic (exact) mass is 394 g/mol. The van der Waals surface area contributed by atoms with Crippen LogP contribution in [0.15, 0.2) is 24.5 Å². The standard InChI is InChI=1S/C17H22N4O3S2/c1-3-26(23,24)21-9-5-7-14(11-21)15(22)20-16-12(2)19-17(25-16)13-6-4-8-18-10-13/h4,6,8,10,14H,3,5,7,9,11H2,1-2H3,(H,20,22). The molecule has 0 saturated carbocycles. The van der Waals surface area contributed by atoms with Crippen molar-refractivity contribution in [2.75, 3.05) is 24.2 Å². The van der Waals surface area contributed by atoms with Crippen LogP contribution in [0.1, 0.15) is 25.5 Å². The Bertz CT molecular complexity index is 881. The fourth-order valence-corrected chi connectivity index (χ4v) is 5.07. The largest absolute Gasteiger partial charge is 0.316 e. The van der Waals surface area contributed by atoms with E-state index in [0.29, 0.717) is 24.4 Å². The second-order valence-corrected chi connectivity index (χ2v) is 9.52. The number of amides is 1. The summed E-state index contributed by atoms with van der Waals surface area (Å²) in [6.45, 7) is 4.21. The Morgan fingerprint density at radius 1 is 1.46 bits per heavy atom. The third kappa shape index (κ3) is 4.11. The maximum atomic E-state index is 12.7. The van der Waals surface area contributed by atoms with Crippen molar-refractivity contribution in [3.8, 4) is 10.6 Å². The molecule has 1 saturated heterocycles. The first-order chi connectivity index (χ1) is 12.4. The molecular weight excluding hydrogens is 372 g/mol. The van der Waals surface area contributed by atoms with Gasteiger partial charge in [-0.3, -0.25) is 9.78 Å². The number of pyridine rings is 1. The number of hydrogen-bond acceptors (Lipinski definition) is 6. The molecule has 0 radical (unpaired) electrons. The lowest BCUT2D eigenvalue weighted by atomic mass is 9.99. The summed E-state index contributed by atoms with van der Waals surface area (Å²) >= 11 is 1.40. The molecule has 1 amide bonds. The highest BCUT2D eigenvalue weighted by molar-refractivity contribution is 7.89. The van der Waals surface area contributed by atoms with Gasteiger partial charge in [0.05, 0.1) is 17.4 Å². The zero-order valence-electron chi connectivity index (χ0n) is 14.8. The van der Waals surface area contributed by atoms with Gasteiger partial charge >= 0.3 is 0 Å². The number of nitrogens with zero attached hydrogens (tertiary/aromatic N) is 3. The van der Waals surface area contributed by atoms with Crippen LogP contribution in [-0.2, 0) is 14.8 Å². The van der Waals surface area contributed by atoms with Crippen LogP contribution in [0.25, 0.3) is 10.6 Å². The summed E-state index contributed by atoms with van der Waals surface area (Å²) in [4.78, 5) is 21.3. The fraction of sp³-hybridized carbons (Fsp3) is 0.471. The van der Waals surface area contributed by atoms with Crippen LogP contribution < -0.4 is 5.32 Å². The molecule has 0 bridgehead atoms. The third-order valence-electron chi connectivity index (χ3n) is 4.45. The number of sulfonamides is 1. The van der Waals surface area contributed by atoms with Gasteiger partial charge in [-0.25, -0.2) is 17.7 Å². The number of aryl methyl sites for hydroxylation is 1. The van der Waals surface area contributed by atoms with Gasteiger partial charge in [-0.05, 0) is 38.8 Å². The first-order valence-electron chi connectivity index (χ1n) is 8.57. The molecule has 1 aliphatic heterocycles. The summed E-state index contributed by atoms with van der Waals surface area (Å²) in [5.74, 6) is -0.428. The molecule has 26 heavy (non-hydrogen) atoms. The summed E-state index contributed by atoms with van der Waals surface area (Å²) in [5.41, 5.74) is 1.65. The number of carbonyl (C=O) groups excluding carboxylic acids is 1. The SMILES string of the molecule is CCS(=O)(=O)N1CCCC(C(=O)Nc2sc(-c3cccnc3)nc2C)C1. The number of aromatic nitrogens is 2. The van der Waals surface area contributed by atoms with Crippen LogP contribution in [-0.4, -0.2) is 47.4 Å². The summed E-state index contributed by atoms with van der Waals surface area (Å²) in [7, 11) is -3.26. The predicted octanol–water partition coefficient (Wildman–Crippen LogP) is 2.51. The number of piperidine rings is 1. The molecular formula is C17H22N4O3S2. The van der Waals surface area contributed by atoms with Crippen LogP contribution in [0.3, 0.4) is 0 Å². The van der Waals surface area contributed by atoms with Gasteiger partial charge in [0.1, 0.15) is 10.0 Å². The zero-order valence-corrected chi connectivity index (χ0v) is 16.4. The van der Waals surface area contributed by atoms with Crippen molar-refractivity contribution in [3.05, 3.63) is 30.2 Å². The van der Waals surface area contributed by atoms with Crippen LogP contribution >= 0.6 is 11.3 Å². The molecule has 0 spiro atoms. The lowest BCUT2D eigenvalue weighted by molar-refractivity contribution is -0.120. The zero-order chi connectivity index (χ0) is 18.7. The van der Waals surface area contributed by atoms with Gasteiger partial charge < -0.3 is 5.32 Å². The van der Waals surface area contributed by atoms with Gasteiger partial charge in [-0.2, -0.15) is 0 Å². The van der Waals surface area contributed by atoms with Crippen LogP contribution in [0, 0.1) is 12.8 Å². The second-order valence-electron chi connectivity index (χ2n) is 6.26. The average molecular weight is 395 g/mol. The van der Waals surface area contributed by atoms with Crippen LogP contribution in [0.4, 0.5) is 5.00 Å². The molecule has 1 atom stereocenters. The van der Waals surface area contributed by atoms with Gasteiger partial charge in [0.25, 0.3) is 0 Å². The Morgan fingerprint density at radius 2 is 2.27 bits per heavy atom. The minimum Gasteiger partial charge on any atom is -0.316 e. The highest BCUT2D eigenvalue weighted by atomic mass is 32.2. The highest BCUT2D eigenvalue weighted by Crippen LogP contribution is 2.32. The summed E-state index contributed by atoms with van der Waals surface area (Å²) < 4.78 is 25.6. The van der Waals surface area contributed by atoms with E-state index in [4.69, 9.17) is 0 Å². The number of rotatable bonds is 5. The first kappa shape index (κ1) is 18.9. The number of anilines is 1. The summed E-state index contributed by atoms with van der Waals surface area (Å²) in [5, 5.41) is 4.43. The summed E-state index contributed by atoms with van der Waals surface area (Å²) in [6.07, 6.45) is 4.82. The lowest BCUT2D eigenvalue weighted by Crippen LogP contribution is -2.44. The van der Waals surface area contributed by atoms with Crippen molar-refractivity contribution < 1.29 is 13.2 Å². The number of hydrogen-bond donors (Lipinski definition) is 1. The fourth-order valence-electron chi connectivity index (χ4n) is 2.93. The topological polar surface area (TPSA) is 92.3 Å².